The summed E-state index contributed by atoms with van der Waals surface area (Å²) in [5.74, 6) is 0.226. The molecule has 0 radical (unpaired) electrons. The number of carboxylic acid groups (broad SMARTS) is 1. The van der Waals surface area contributed by atoms with Gasteiger partial charge in [-0.15, -0.1) is 0 Å². The maximum atomic E-state index is 14.7. The molecule has 0 unspecified atom stereocenters. The van der Waals surface area contributed by atoms with Gasteiger partial charge in [-0.1, -0.05) is 60.7 Å². The number of carbonyl (C=O) groups excluding carboxylic acids is 2. The SMILES string of the molecule is COc1cc2ncn(Cc3ccccc3)c(=O)c2cc1OC1CCC2(CC1)C(=O)[N@+](C(=O)O)(C(C)(C)C)CCN2C(=O)OCc1ccccc1. The summed E-state index contributed by atoms with van der Waals surface area (Å²) >= 11 is 0. The fraction of sp³-hybridized carbons (Fsp3) is 0.395. The third kappa shape index (κ3) is 6.19. The van der Waals surface area contributed by atoms with Crippen molar-refractivity contribution in [1.82, 2.24) is 14.5 Å². The number of aromatic nitrogens is 2. The second-order valence-corrected chi connectivity index (χ2v) is 14.0. The molecule has 1 atom stereocenters. The van der Waals surface area contributed by atoms with Crippen LogP contribution in [0.3, 0.4) is 0 Å². The van der Waals surface area contributed by atoms with Gasteiger partial charge in [-0.05, 0) is 63.6 Å². The van der Waals surface area contributed by atoms with Crippen LogP contribution in [-0.2, 0) is 22.7 Å². The minimum Gasteiger partial charge on any atom is -0.493 e. The lowest BCUT2D eigenvalue weighted by molar-refractivity contribution is -0.838. The molecule has 1 N–H and O–H groups in total. The molecule has 2 fully saturated rings. The highest BCUT2D eigenvalue weighted by molar-refractivity contribution is 5.92. The molecule has 50 heavy (non-hydrogen) atoms. The average Bonchev–Trinajstić information content (AvgIpc) is 3.10. The molecule has 6 rings (SSSR count). The largest absolute Gasteiger partial charge is 0.521 e. The Morgan fingerprint density at radius 3 is 2.20 bits per heavy atom. The predicted octanol–water partition coefficient (Wildman–Crippen LogP) is 5.99. The highest BCUT2D eigenvalue weighted by atomic mass is 16.6. The Morgan fingerprint density at radius 2 is 1.60 bits per heavy atom. The zero-order valence-electron chi connectivity index (χ0n) is 28.8. The van der Waals surface area contributed by atoms with Crippen LogP contribution in [0.2, 0.25) is 0 Å². The molecule has 1 aromatic heterocycles. The van der Waals surface area contributed by atoms with E-state index in [9.17, 15) is 24.3 Å². The molecule has 3 amide bonds. The number of quaternary nitrogens is 1. The first-order valence-electron chi connectivity index (χ1n) is 16.8. The number of ether oxygens (including phenoxy) is 3. The lowest BCUT2D eigenvalue weighted by Crippen LogP contribution is -2.80. The van der Waals surface area contributed by atoms with E-state index in [1.165, 1.54) is 18.3 Å². The van der Waals surface area contributed by atoms with Crippen LogP contribution in [0.25, 0.3) is 10.9 Å². The third-order valence-electron chi connectivity index (χ3n) is 10.2. The third-order valence-corrected chi connectivity index (χ3v) is 10.2. The molecular formula is C38H43N4O8+. The zero-order valence-corrected chi connectivity index (χ0v) is 28.8. The summed E-state index contributed by atoms with van der Waals surface area (Å²) in [5, 5.41) is 10.9. The minimum absolute atomic E-state index is 0.0219. The van der Waals surface area contributed by atoms with E-state index in [-0.39, 0.29) is 38.1 Å². The van der Waals surface area contributed by atoms with E-state index in [1.807, 2.05) is 60.7 Å². The van der Waals surface area contributed by atoms with Gasteiger partial charge in [0.05, 0.1) is 43.5 Å². The molecule has 12 heteroatoms. The van der Waals surface area contributed by atoms with Gasteiger partial charge < -0.3 is 19.3 Å². The summed E-state index contributed by atoms with van der Waals surface area (Å²) in [6.07, 6.45) is 0.217. The Hall–Kier alpha value is -5.23. The number of nitrogens with zero attached hydrogens (tertiary/aromatic N) is 4. The first kappa shape index (κ1) is 34.6. The molecule has 2 heterocycles. The van der Waals surface area contributed by atoms with Crippen LogP contribution in [0.1, 0.15) is 57.6 Å². The Bertz CT molecular complexity index is 1950. The van der Waals surface area contributed by atoms with E-state index in [2.05, 4.69) is 4.98 Å². The van der Waals surface area contributed by atoms with Crippen LogP contribution in [0, 0.1) is 0 Å². The van der Waals surface area contributed by atoms with Gasteiger partial charge in [-0.3, -0.25) is 14.3 Å². The van der Waals surface area contributed by atoms with Crippen LogP contribution in [0.15, 0.2) is 83.9 Å². The summed E-state index contributed by atoms with van der Waals surface area (Å²) in [5.41, 5.74) is -0.385. The first-order chi connectivity index (χ1) is 23.9. The Balaban J connectivity index is 1.27. The van der Waals surface area contributed by atoms with Gasteiger partial charge in [-0.25, -0.2) is 14.6 Å². The second-order valence-electron chi connectivity index (χ2n) is 14.0. The molecule has 1 aliphatic carbocycles. The topological polar surface area (TPSA) is 137 Å². The summed E-state index contributed by atoms with van der Waals surface area (Å²) in [6.45, 7) is 5.55. The van der Waals surface area contributed by atoms with E-state index < -0.39 is 39.8 Å². The molecule has 4 aromatic rings. The maximum Gasteiger partial charge on any atom is 0.521 e. The van der Waals surface area contributed by atoms with Crippen molar-refractivity contribution in [3.63, 3.8) is 0 Å². The van der Waals surface area contributed by atoms with Gasteiger partial charge in [0.1, 0.15) is 18.7 Å². The number of fused-ring (bicyclic) bond motifs is 1. The molecule has 0 bridgehead atoms. The number of imide groups is 1. The highest BCUT2D eigenvalue weighted by Gasteiger charge is 2.68. The molecule has 262 valence electrons. The Labute approximate surface area is 290 Å². The van der Waals surface area contributed by atoms with Crippen LogP contribution in [-0.4, -0.2) is 79.5 Å². The van der Waals surface area contributed by atoms with E-state index in [0.29, 0.717) is 41.8 Å². The molecule has 2 aliphatic rings. The van der Waals surface area contributed by atoms with Crippen molar-refractivity contribution >= 4 is 29.0 Å². The monoisotopic (exact) mass is 683 g/mol. The highest BCUT2D eigenvalue weighted by Crippen LogP contribution is 2.45. The molecule has 1 spiro atoms. The van der Waals surface area contributed by atoms with Gasteiger partial charge >= 0.3 is 18.1 Å². The maximum absolute atomic E-state index is 14.7. The van der Waals surface area contributed by atoms with E-state index in [4.69, 9.17) is 14.2 Å². The molecule has 3 aromatic carbocycles. The van der Waals surface area contributed by atoms with Crippen molar-refractivity contribution in [3.8, 4) is 11.5 Å². The van der Waals surface area contributed by atoms with Crippen LogP contribution in [0.4, 0.5) is 9.59 Å². The number of hydrogen-bond acceptors (Lipinski definition) is 8. The molecule has 1 aliphatic heterocycles. The lowest BCUT2D eigenvalue weighted by Gasteiger charge is -2.55. The molecule has 1 saturated heterocycles. The number of rotatable bonds is 7. The number of benzene rings is 3. The zero-order chi connectivity index (χ0) is 35.7. The minimum atomic E-state index is -1.42. The molecule has 12 nitrogen and oxygen atoms in total. The standard InChI is InChI=1S/C38H42N4O8/c1-37(2,3)42(36(46)47)20-19-41(35(45)49-24-27-13-9-6-10-14-27)38(34(42)44)17-15-28(16-18-38)50-32-21-29-30(22-31(32)48-4)39-25-40(33(29)43)23-26-11-7-5-8-12-26/h5-14,21-22,25,28H,15-20,23-24H2,1-4H3/p+1/t28?,38?,42-/m1/s1. The molecular weight excluding hydrogens is 640 g/mol. The van der Waals surface area contributed by atoms with E-state index in [0.717, 1.165) is 11.1 Å². The summed E-state index contributed by atoms with van der Waals surface area (Å²) in [6, 6.07) is 22.2. The van der Waals surface area contributed by atoms with Crippen molar-refractivity contribution in [2.24, 2.45) is 0 Å². The number of methoxy groups -OCH3 is 1. The van der Waals surface area contributed by atoms with Crippen molar-refractivity contribution in [2.45, 2.75) is 76.8 Å². The Morgan fingerprint density at radius 1 is 0.960 bits per heavy atom. The van der Waals surface area contributed by atoms with Gasteiger partial charge in [0, 0.05) is 6.07 Å². The second kappa shape index (κ2) is 13.6. The predicted molar refractivity (Wildman–Crippen MR) is 185 cm³/mol. The molecule has 1 saturated carbocycles. The normalized spacial score (nSPS) is 22.4. The quantitative estimate of drug-likeness (QED) is 0.233. The Kier molecular flexibility index (Phi) is 9.41. The van der Waals surface area contributed by atoms with Crippen LogP contribution >= 0.6 is 0 Å². The summed E-state index contributed by atoms with van der Waals surface area (Å²) < 4.78 is 18.5. The van der Waals surface area contributed by atoms with Gasteiger partial charge in [-0.2, -0.15) is 9.28 Å². The van der Waals surface area contributed by atoms with Crippen LogP contribution in [0.5, 0.6) is 11.5 Å². The summed E-state index contributed by atoms with van der Waals surface area (Å²) in [4.78, 5) is 60.8. The number of amides is 3. The van der Waals surface area contributed by atoms with Gasteiger partial charge in [0.25, 0.3) is 5.56 Å². The lowest BCUT2D eigenvalue weighted by atomic mass is 9.75. The van der Waals surface area contributed by atoms with Crippen LogP contribution < -0.4 is 15.0 Å². The van der Waals surface area contributed by atoms with Crippen molar-refractivity contribution in [3.05, 3.63) is 101 Å². The smallest absolute Gasteiger partial charge is 0.493 e. The first-order valence-corrected chi connectivity index (χ1v) is 16.8. The van der Waals surface area contributed by atoms with Gasteiger partial charge in [0.15, 0.2) is 17.0 Å². The van der Waals surface area contributed by atoms with Crippen molar-refractivity contribution in [1.29, 1.82) is 0 Å². The summed E-state index contributed by atoms with van der Waals surface area (Å²) in [7, 11) is 1.51. The number of piperazine rings is 1. The van der Waals surface area contributed by atoms with Crippen molar-refractivity contribution in [2.75, 3.05) is 20.2 Å². The fourth-order valence-electron chi connectivity index (χ4n) is 7.37. The fourth-order valence-corrected chi connectivity index (χ4v) is 7.37. The van der Waals surface area contributed by atoms with Gasteiger partial charge in [0.2, 0.25) is 0 Å². The van der Waals surface area contributed by atoms with E-state index >= 15 is 0 Å². The number of carbonyl (C=O) groups is 3. The van der Waals surface area contributed by atoms with E-state index in [1.54, 1.807) is 37.5 Å². The average molecular weight is 684 g/mol. The number of hydrogen-bond donors (Lipinski definition) is 1. The van der Waals surface area contributed by atoms with Crippen molar-refractivity contribution < 1.29 is 38.2 Å².